The Labute approximate surface area is 692 Å². The lowest BCUT2D eigenvalue weighted by atomic mass is 9.88. The monoisotopic (exact) mass is 1640 g/mol. The van der Waals surface area contributed by atoms with Crippen molar-refractivity contribution in [3.05, 3.63) is 217 Å². The van der Waals surface area contributed by atoms with E-state index in [4.69, 9.17) is 19.9 Å². The molecule has 10 aromatic rings. The highest BCUT2D eigenvalue weighted by Crippen LogP contribution is 2.40. The first-order valence-corrected chi connectivity index (χ1v) is 41.0. The highest BCUT2D eigenvalue weighted by atomic mass is 19.1. The number of hydrogen-bond donors (Lipinski definition) is 6. The Morgan fingerprint density at radius 2 is 1.02 bits per heavy atom. The average molecular weight is 1640 g/mol. The van der Waals surface area contributed by atoms with Crippen LogP contribution in [0.1, 0.15) is 173 Å². The van der Waals surface area contributed by atoms with Crippen LogP contribution >= 0.6 is 0 Å². The fourth-order valence-electron chi connectivity index (χ4n) is 18.3. The van der Waals surface area contributed by atoms with Crippen molar-refractivity contribution >= 4 is 110 Å². The summed E-state index contributed by atoms with van der Waals surface area (Å²) < 4.78 is 21.9. The molecule has 8 aliphatic heterocycles. The number of nitrogens with zero attached hydrogens (tertiary/aromatic N) is 16. The van der Waals surface area contributed by atoms with E-state index in [9.17, 15) is 58.2 Å². The quantitative estimate of drug-likeness (QED) is 0.0293. The SMILES string of the molecule is C=CCn1c(=O)c2cnc(Nc3ccc(C4CCN(C5CN(c6ccc7c(c6)C(=O)N(C6CCC(=O)NC6=O)C7=O)C5)CC4)cc3)nc2n1-c1ccc(/C=C/Cn2c(=O)c3cnc(Nc4ccc(C5CCN(C6CCN(c7cc8c(cc7F)C(=O)N(C7CCC(=O)NC7=O)C8=O)CC6)CC5)cc4)nc3n2-c2cccc(C(C)(C)O)n2)c(C(C)(C)O)n1. The van der Waals surface area contributed by atoms with E-state index in [0.29, 0.717) is 53.7 Å². The smallest absolute Gasteiger partial charge is 0.278 e. The van der Waals surface area contributed by atoms with Gasteiger partial charge >= 0.3 is 0 Å². The molecule has 0 saturated carbocycles. The number of carbonyl (C=O) groups is 8. The van der Waals surface area contributed by atoms with Gasteiger partial charge < -0.3 is 35.5 Å². The lowest BCUT2D eigenvalue weighted by Gasteiger charge is -2.48. The number of fused-ring (bicyclic) bond motifs is 4. The lowest BCUT2D eigenvalue weighted by Crippen LogP contribution is -2.60. The maximum absolute atomic E-state index is 15.8. The van der Waals surface area contributed by atoms with Crippen molar-refractivity contribution in [1.82, 2.24) is 78.9 Å². The molecule has 18 rings (SSSR count). The van der Waals surface area contributed by atoms with Crippen LogP contribution in [0.5, 0.6) is 0 Å². The Bertz CT molecular complexity index is 6110. The van der Waals surface area contributed by atoms with Crippen LogP contribution < -0.4 is 42.2 Å². The fourth-order valence-corrected chi connectivity index (χ4v) is 18.3. The second kappa shape index (κ2) is 31.2. The molecule has 2 atom stereocenters. The number of aromatic nitrogens is 10. The second-order valence-electron chi connectivity index (χ2n) is 33.4. The van der Waals surface area contributed by atoms with E-state index in [2.05, 4.69) is 76.8 Å². The minimum Gasteiger partial charge on any atom is -0.384 e. The van der Waals surface area contributed by atoms with Gasteiger partial charge in [-0.2, -0.15) is 9.97 Å². The number of anilines is 6. The summed E-state index contributed by atoms with van der Waals surface area (Å²) >= 11 is 0. The lowest BCUT2D eigenvalue weighted by molar-refractivity contribution is -0.137. The van der Waals surface area contributed by atoms with Crippen molar-refractivity contribution in [3.8, 4) is 11.6 Å². The molecule has 6 aromatic heterocycles. The minimum atomic E-state index is -1.54. The summed E-state index contributed by atoms with van der Waals surface area (Å²) in [6, 6.07) is 31.2. The van der Waals surface area contributed by atoms with Crippen molar-refractivity contribution in [3.63, 3.8) is 0 Å². The van der Waals surface area contributed by atoms with Crippen molar-refractivity contribution in [2.24, 2.45) is 0 Å². The van der Waals surface area contributed by atoms with Gasteiger partial charge in [0.2, 0.25) is 35.5 Å². The van der Waals surface area contributed by atoms with Crippen LogP contribution in [0.4, 0.5) is 39.0 Å². The summed E-state index contributed by atoms with van der Waals surface area (Å²) in [5.74, 6) is -3.69. The van der Waals surface area contributed by atoms with Gasteiger partial charge in [0, 0.05) is 80.6 Å². The molecule has 6 fully saturated rings. The summed E-state index contributed by atoms with van der Waals surface area (Å²) in [5.41, 5.74) is 3.30. The molecule has 8 amide bonds. The highest BCUT2D eigenvalue weighted by molar-refractivity contribution is 6.25. The molecule has 2 unspecified atom stereocenters. The van der Waals surface area contributed by atoms with Crippen molar-refractivity contribution in [1.29, 1.82) is 0 Å². The number of pyridine rings is 2. The Morgan fingerprint density at radius 3 is 1.55 bits per heavy atom. The first-order chi connectivity index (χ1) is 58.2. The Balaban J connectivity index is 0.517. The van der Waals surface area contributed by atoms with Crippen LogP contribution in [0.2, 0.25) is 0 Å². The molecule has 32 nitrogen and oxygen atoms in total. The average Bonchev–Trinajstić information content (AvgIpc) is 1.62. The van der Waals surface area contributed by atoms with E-state index in [1.807, 2.05) is 35.2 Å². The minimum absolute atomic E-state index is 0.00955. The number of imide groups is 4. The first kappa shape index (κ1) is 79.0. The normalized spacial score (nSPS) is 19.6. The van der Waals surface area contributed by atoms with E-state index in [-0.39, 0.29) is 124 Å². The molecule has 0 radical (unpaired) electrons. The summed E-state index contributed by atoms with van der Waals surface area (Å²) in [4.78, 5) is 171. The van der Waals surface area contributed by atoms with Gasteiger partial charge in [-0.05, 0) is 213 Å². The van der Waals surface area contributed by atoms with Crippen LogP contribution in [0, 0.1) is 5.82 Å². The summed E-state index contributed by atoms with van der Waals surface area (Å²) in [5, 5.41) is 34.6. The number of piperidine rings is 5. The van der Waals surface area contributed by atoms with Gasteiger partial charge in [0.25, 0.3) is 34.7 Å². The fraction of sp³-hybridized carbons (Fsp3) is 0.364. The number of benzene rings is 4. The molecule has 6 saturated heterocycles. The first-order valence-electron chi connectivity index (χ1n) is 41.0. The Morgan fingerprint density at radius 1 is 0.521 bits per heavy atom. The molecule has 121 heavy (non-hydrogen) atoms. The number of aliphatic hydroxyl groups is 2. The third-order valence-electron chi connectivity index (χ3n) is 24.8. The number of hydrogen-bond acceptors (Lipinski definition) is 24. The Kier molecular flexibility index (Phi) is 20.4. The predicted octanol–water partition coefficient (Wildman–Crippen LogP) is 7.97. The number of likely N-dealkylation sites (tertiary alicyclic amines) is 2. The molecular formula is C88H89FN20O12. The van der Waals surface area contributed by atoms with Gasteiger partial charge in [0.1, 0.15) is 39.9 Å². The molecule has 33 heteroatoms. The number of halogens is 1. The Hall–Kier alpha value is -13.1. The third kappa shape index (κ3) is 14.8. The van der Waals surface area contributed by atoms with E-state index >= 15 is 4.39 Å². The number of carbonyl (C=O) groups excluding carboxylic acids is 8. The third-order valence-corrected chi connectivity index (χ3v) is 24.8. The van der Waals surface area contributed by atoms with Crippen molar-refractivity contribution < 1.29 is 53.0 Å². The zero-order valence-electron chi connectivity index (χ0n) is 67.1. The zero-order valence-corrected chi connectivity index (χ0v) is 67.1. The van der Waals surface area contributed by atoms with Gasteiger partial charge in [0.15, 0.2) is 22.9 Å². The second-order valence-corrected chi connectivity index (χ2v) is 33.4. The van der Waals surface area contributed by atoms with E-state index in [1.54, 1.807) is 97.8 Å². The molecule has 8 aliphatic rings. The number of rotatable bonds is 21. The van der Waals surface area contributed by atoms with Gasteiger partial charge in [-0.15, -0.1) is 6.58 Å². The van der Waals surface area contributed by atoms with E-state index < -0.39 is 81.9 Å². The molecule has 6 N–H and O–H groups in total. The van der Waals surface area contributed by atoms with Crippen LogP contribution in [0.15, 0.2) is 150 Å². The molecule has 14 heterocycles. The molecule has 0 aliphatic carbocycles. The highest BCUT2D eigenvalue weighted by Gasteiger charge is 2.48. The van der Waals surface area contributed by atoms with E-state index in [0.717, 1.165) is 105 Å². The zero-order chi connectivity index (χ0) is 84.2. The summed E-state index contributed by atoms with van der Waals surface area (Å²) in [6.07, 6.45) is 13.5. The predicted molar refractivity (Wildman–Crippen MR) is 446 cm³/mol. The van der Waals surface area contributed by atoms with Crippen molar-refractivity contribution in [2.45, 2.75) is 152 Å². The van der Waals surface area contributed by atoms with Crippen molar-refractivity contribution in [2.75, 3.05) is 72.8 Å². The maximum Gasteiger partial charge on any atom is 0.278 e. The van der Waals surface area contributed by atoms with Gasteiger partial charge in [-0.3, -0.25) is 73.3 Å². The van der Waals surface area contributed by atoms with Gasteiger partial charge in [-0.25, -0.2) is 43.1 Å². The molecule has 4 aromatic carbocycles. The van der Waals surface area contributed by atoms with Gasteiger partial charge in [-0.1, -0.05) is 48.6 Å². The van der Waals surface area contributed by atoms with Gasteiger partial charge in [0.05, 0.1) is 52.4 Å². The number of allylic oxidation sites excluding steroid dienone is 2. The van der Waals surface area contributed by atoms with Crippen LogP contribution in [0.3, 0.4) is 0 Å². The molecule has 620 valence electrons. The molecule has 0 spiro atoms. The largest absolute Gasteiger partial charge is 0.384 e. The number of amides is 8. The standard InChI is InChI=1S/C88H89FN20O12/c1-6-34-104-79(114)63-45-90-86(93-55-19-14-50(15-20-55)52-30-38-101(39-31-52)58-47-103(48-58)57-21-22-59-60(42-57)82(117)106(81(59)116)66-23-26-72(110)96-77(66)112)99-76(63)109(104)71-25-16-53(74(95-71)88(4,5)121)9-8-35-105-80(115)64-46-91-85(98-75(64)108(105)70-11-7-10-69(94-70)87(2,3)120)92-54-17-12-49(13-18-54)51-28-36-100(37-29-51)56-32-40-102(41-33-56)68-44-62-61(43-65(68)89)83(118)107(84(62)119)67-24-27-73(111)97-78(67)113/h6-22,25,42-46,51-52,56,58,66-67,120-121H,1,23-24,26-41,47-48H2,2-5H3,(H,90,93,99)(H,91,92,98)(H,96,110,112)(H,97,111,113)/b9-8+. The summed E-state index contributed by atoms with van der Waals surface area (Å²) in [7, 11) is 0. The van der Waals surface area contributed by atoms with Crippen LogP contribution in [-0.4, -0.2) is 202 Å². The number of nitrogens with one attached hydrogen (secondary N) is 4. The summed E-state index contributed by atoms with van der Waals surface area (Å²) in [6.45, 7) is 16.6. The molecular weight excluding hydrogens is 1550 g/mol. The topological polar surface area (TPSA) is 376 Å². The van der Waals surface area contributed by atoms with Crippen LogP contribution in [0.25, 0.3) is 39.8 Å². The van der Waals surface area contributed by atoms with E-state index in [1.165, 1.54) is 39.0 Å². The van der Waals surface area contributed by atoms with Crippen LogP contribution in [-0.2, 0) is 43.5 Å². The maximum atomic E-state index is 15.8. The molecule has 0 bridgehead atoms.